The summed E-state index contributed by atoms with van der Waals surface area (Å²) in [4.78, 5) is 20.0. The normalized spacial score (nSPS) is 23.6. The molecule has 3 fully saturated rings. The Hall–Kier alpha value is -2.60. The van der Waals surface area contributed by atoms with E-state index in [-0.39, 0.29) is 23.0 Å². The Balaban J connectivity index is 1.21. The zero-order valence-corrected chi connectivity index (χ0v) is 19.0. The fraction of sp³-hybridized carbons (Fsp3) is 0.538. The van der Waals surface area contributed by atoms with Crippen LogP contribution in [0.3, 0.4) is 0 Å². The smallest absolute Gasteiger partial charge is 0.233 e. The van der Waals surface area contributed by atoms with Crippen LogP contribution in [0.2, 0.25) is 0 Å². The highest BCUT2D eigenvalue weighted by Crippen LogP contribution is 2.50. The van der Waals surface area contributed by atoms with Crippen molar-refractivity contribution in [1.82, 2.24) is 9.88 Å². The number of amides is 1. The second-order valence-electron chi connectivity index (χ2n) is 9.48. The highest BCUT2D eigenvalue weighted by atomic mass is 16.5. The maximum absolute atomic E-state index is 13.5. The van der Waals surface area contributed by atoms with Gasteiger partial charge in [-0.2, -0.15) is 0 Å². The summed E-state index contributed by atoms with van der Waals surface area (Å²) in [6.45, 7) is 4.15. The molecule has 3 heterocycles. The number of nitrogens with zero attached hydrogens (tertiary/aromatic N) is 2. The summed E-state index contributed by atoms with van der Waals surface area (Å²) < 4.78 is 17.8. The van der Waals surface area contributed by atoms with E-state index in [1.165, 1.54) is 0 Å². The third-order valence-electron chi connectivity index (χ3n) is 7.36. The Morgan fingerprint density at radius 1 is 1.09 bits per heavy atom. The van der Waals surface area contributed by atoms with Gasteiger partial charge in [0.1, 0.15) is 11.9 Å². The van der Waals surface area contributed by atoms with Crippen LogP contribution in [-0.4, -0.2) is 54.3 Å². The van der Waals surface area contributed by atoms with Gasteiger partial charge in [-0.25, -0.2) is 4.98 Å². The zero-order valence-electron chi connectivity index (χ0n) is 19.0. The van der Waals surface area contributed by atoms with Gasteiger partial charge in [0.25, 0.3) is 0 Å². The minimum Gasteiger partial charge on any atom is -0.497 e. The Morgan fingerprint density at radius 2 is 1.84 bits per heavy atom. The van der Waals surface area contributed by atoms with Crippen LogP contribution in [-0.2, 0) is 14.9 Å². The molecular weight excluding hydrogens is 404 g/mol. The van der Waals surface area contributed by atoms with Gasteiger partial charge in [-0.15, -0.1) is 0 Å². The summed E-state index contributed by atoms with van der Waals surface area (Å²) in [5.74, 6) is 1.78. The van der Waals surface area contributed by atoms with Crippen LogP contribution < -0.4 is 9.47 Å². The Morgan fingerprint density at radius 3 is 2.50 bits per heavy atom. The van der Waals surface area contributed by atoms with Crippen molar-refractivity contribution in [2.45, 2.75) is 62.6 Å². The van der Waals surface area contributed by atoms with E-state index in [0.29, 0.717) is 12.5 Å². The minimum atomic E-state index is -0.341. The van der Waals surface area contributed by atoms with Gasteiger partial charge in [0.2, 0.25) is 11.8 Å². The topological polar surface area (TPSA) is 60.9 Å². The second kappa shape index (κ2) is 8.39. The molecule has 1 aliphatic carbocycles. The van der Waals surface area contributed by atoms with Gasteiger partial charge in [-0.1, -0.05) is 18.2 Å². The fourth-order valence-electron chi connectivity index (χ4n) is 5.27. The van der Waals surface area contributed by atoms with E-state index >= 15 is 0 Å². The van der Waals surface area contributed by atoms with Crippen LogP contribution in [0.5, 0.6) is 11.6 Å². The van der Waals surface area contributed by atoms with Gasteiger partial charge in [-0.05, 0) is 56.4 Å². The molecule has 1 spiro atoms. The van der Waals surface area contributed by atoms with E-state index in [0.717, 1.165) is 68.6 Å². The molecule has 2 aliphatic heterocycles. The van der Waals surface area contributed by atoms with Gasteiger partial charge in [0.05, 0.1) is 24.7 Å². The number of ether oxygens (including phenoxy) is 3. The van der Waals surface area contributed by atoms with Crippen LogP contribution in [0.1, 0.15) is 49.8 Å². The Bertz CT molecular complexity index is 962. The maximum atomic E-state index is 13.5. The molecule has 170 valence electrons. The number of likely N-dealkylation sites (tertiary alicyclic amines) is 1. The summed E-state index contributed by atoms with van der Waals surface area (Å²) in [7, 11) is 1.66. The third-order valence-corrected chi connectivity index (χ3v) is 7.36. The van der Waals surface area contributed by atoms with E-state index in [2.05, 4.69) is 9.88 Å². The van der Waals surface area contributed by atoms with Crippen LogP contribution in [0, 0.1) is 6.92 Å². The lowest BCUT2D eigenvalue weighted by atomic mass is 9.82. The molecule has 1 unspecified atom stereocenters. The summed E-state index contributed by atoms with van der Waals surface area (Å²) in [5.41, 5.74) is 1.53. The molecule has 6 nitrogen and oxygen atoms in total. The van der Waals surface area contributed by atoms with Crippen molar-refractivity contribution in [3.63, 3.8) is 0 Å². The number of methoxy groups -OCH3 is 1. The highest BCUT2D eigenvalue weighted by Gasteiger charge is 2.54. The first-order valence-electron chi connectivity index (χ1n) is 11.7. The molecule has 6 heteroatoms. The molecule has 1 saturated carbocycles. The molecule has 1 aromatic heterocycles. The summed E-state index contributed by atoms with van der Waals surface area (Å²) in [6, 6.07) is 13.9. The average molecular weight is 437 g/mol. The first kappa shape index (κ1) is 21.3. The number of aromatic nitrogens is 1. The fourth-order valence-corrected chi connectivity index (χ4v) is 5.27. The van der Waals surface area contributed by atoms with Crippen molar-refractivity contribution in [2.75, 3.05) is 26.8 Å². The largest absolute Gasteiger partial charge is 0.497 e. The molecule has 0 radical (unpaired) electrons. The third kappa shape index (κ3) is 4.08. The first-order valence-corrected chi connectivity index (χ1v) is 11.7. The number of benzene rings is 1. The molecule has 1 atom stereocenters. The van der Waals surface area contributed by atoms with Crippen molar-refractivity contribution < 1.29 is 19.0 Å². The molecule has 3 aliphatic rings. The predicted octanol–water partition coefficient (Wildman–Crippen LogP) is 4.05. The molecule has 2 saturated heterocycles. The SMILES string of the molecule is COc1ccc(C2(C(=O)N3CCC4(CC3)CC(Oc3cccc(C)n3)CCO4)CC2)cc1. The van der Waals surface area contributed by atoms with E-state index in [4.69, 9.17) is 14.2 Å². The van der Waals surface area contributed by atoms with E-state index in [1.54, 1.807) is 7.11 Å². The minimum absolute atomic E-state index is 0.106. The van der Waals surface area contributed by atoms with Crippen LogP contribution in [0.4, 0.5) is 0 Å². The first-order chi connectivity index (χ1) is 15.5. The second-order valence-corrected chi connectivity index (χ2v) is 9.48. The summed E-state index contributed by atoms with van der Waals surface area (Å²) in [5, 5.41) is 0. The number of hydrogen-bond donors (Lipinski definition) is 0. The Labute approximate surface area is 189 Å². The standard InChI is InChI=1S/C26H32N2O4/c1-19-4-3-5-23(27-19)32-22-10-17-31-25(18-22)13-15-28(16-14-25)24(29)26(11-12-26)20-6-8-21(30-2)9-7-20/h3-9,22H,10-18H2,1-2H3. The van der Waals surface area contributed by atoms with Gasteiger partial charge >= 0.3 is 0 Å². The van der Waals surface area contributed by atoms with Crippen molar-refractivity contribution in [3.05, 3.63) is 53.7 Å². The average Bonchev–Trinajstić information content (AvgIpc) is 3.62. The van der Waals surface area contributed by atoms with Crippen LogP contribution >= 0.6 is 0 Å². The van der Waals surface area contributed by atoms with Crippen molar-refractivity contribution in [1.29, 1.82) is 0 Å². The predicted molar refractivity (Wildman–Crippen MR) is 121 cm³/mol. The molecule has 5 rings (SSSR count). The number of pyridine rings is 1. The van der Waals surface area contributed by atoms with Crippen molar-refractivity contribution in [3.8, 4) is 11.6 Å². The van der Waals surface area contributed by atoms with Crippen molar-refractivity contribution in [2.24, 2.45) is 0 Å². The molecule has 0 bridgehead atoms. The molecular formula is C26H32N2O4. The zero-order chi connectivity index (χ0) is 22.2. The van der Waals surface area contributed by atoms with Gasteiger partial charge in [-0.3, -0.25) is 4.79 Å². The van der Waals surface area contributed by atoms with E-state index in [9.17, 15) is 4.79 Å². The number of rotatable bonds is 5. The number of carbonyl (C=O) groups is 1. The monoisotopic (exact) mass is 436 g/mol. The highest BCUT2D eigenvalue weighted by molar-refractivity contribution is 5.91. The van der Waals surface area contributed by atoms with Crippen LogP contribution in [0.15, 0.2) is 42.5 Å². The number of aryl methyl sites for hydroxylation is 1. The quantitative estimate of drug-likeness (QED) is 0.708. The van der Waals surface area contributed by atoms with Crippen molar-refractivity contribution >= 4 is 5.91 Å². The lowest BCUT2D eigenvalue weighted by molar-refractivity contribution is -0.153. The number of carbonyl (C=O) groups excluding carboxylic acids is 1. The number of hydrogen-bond acceptors (Lipinski definition) is 5. The van der Waals surface area contributed by atoms with E-state index < -0.39 is 0 Å². The number of piperidine rings is 1. The maximum Gasteiger partial charge on any atom is 0.233 e. The van der Waals surface area contributed by atoms with E-state index in [1.807, 2.05) is 49.4 Å². The lowest BCUT2D eigenvalue weighted by Gasteiger charge is -2.46. The molecule has 1 amide bonds. The van der Waals surface area contributed by atoms with Gasteiger partial charge < -0.3 is 19.1 Å². The molecule has 2 aromatic rings. The van der Waals surface area contributed by atoms with Gasteiger partial charge in [0, 0.05) is 37.7 Å². The van der Waals surface area contributed by atoms with Gasteiger partial charge in [0.15, 0.2) is 0 Å². The summed E-state index contributed by atoms with van der Waals surface area (Å²) >= 11 is 0. The Kier molecular flexibility index (Phi) is 5.58. The molecule has 32 heavy (non-hydrogen) atoms. The summed E-state index contributed by atoms with van der Waals surface area (Å²) in [6.07, 6.45) is 5.41. The molecule has 0 N–H and O–H groups in total. The lowest BCUT2D eigenvalue weighted by Crippen LogP contribution is -2.54. The molecule has 1 aromatic carbocycles. The van der Waals surface area contributed by atoms with Crippen LogP contribution in [0.25, 0.3) is 0 Å².